The van der Waals surface area contributed by atoms with Crippen LogP contribution in [0.4, 0.5) is 10.5 Å². The largest absolute Gasteiger partial charge is 0.322 e. The minimum atomic E-state index is -0.0185. The summed E-state index contributed by atoms with van der Waals surface area (Å²) in [5, 5.41) is 3.20. The van der Waals surface area contributed by atoms with Gasteiger partial charge in [-0.3, -0.25) is 4.98 Å². The van der Waals surface area contributed by atoms with E-state index < -0.39 is 0 Å². The predicted molar refractivity (Wildman–Crippen MR) is 102 cm³/mol. The number of hydrogen-bond acceptors (Lipinski definition) is 2. The topological polar surface area (TPSA) is 45.2 Å². The third kappa shape index (κ3) is 3.84. The molecule has 0 aliphatic heterocycles. The van der Waals surface area contributed by atoms with Crippen molar-refractivity contribution >= 4 is 11.7 Å². The molecule has 1 aromatic carbocycles. The van der Waals surface area contributed by atoms with Crippen molar-refractivity contribution in [3.63, 3.8) is 0 Å². The predicted octanol–water partition coefficient (Wildman–Crippen LogP) is 5.27. The summed E-state index contributed by atoms with van der Waals surface area (Å²) in [4.78, 5) is 19.3. The minimum Gasteiger partial charge on any atom is -0.315 e. The smallest absolute Gasteiger partial charge is 0.315 e. The van der Waals surface area contributed by atoms with Crippen LogP contribution in [0.5, 0.6) is 0 Å². The highest BCUT2D eigenvalue weighted by Gasteiger charge is 2.36. The lowest BCUT2D eigenvalue weighted by molar-refractivity contribution is 0.188. The van der Waals surface area contributed by atoms with Gasteiger partial charge in [0.2, 0.25) is 0 Å². The van der Waals surface area contributed by atoms with Crippen molar-refractivity contribution in [2.45, 2.75) is 58.5 Å². The summed E-state index contributed by atoms with van der Waals surface area (Å²) >= 11 is 0. The number of carbonyl (C=O) groups is 1. The SMILES string of the molecule is Cc1cccc(C(C)C)c1NC(=O)N(C1CC1)C(C)c1cccnc1. The Kier molecular flexibility index (Phi) is 5.07. The molecule has 1 aliphatic carbocycles. The van der Waals surface area contributed by atoms with E-state index in [2.05, 4.69) is 43.2 Å². The molecule has 0 radical (unpaired) electrons. The zero-order chi connectivity index (χ0) is 18.0. The Bertz CT molecular complexity index is 738. The third-order valence-corrected chi connectivity index (χ3v) is 4.92. The van der Waals surface area contributed by atoms with Gasteiger partial charge in [-0.2, -0.15) is 0 Å². The summed E-state index contributed by atoms with van der Waals surface area (Å²) in [5.74, 6) is 0.361. The van der Waals surface area contributed by atoms with Crippen molar-refractivity contribution in [3.05, 3.63) is 59.4 Å². The maximum Gasteiger partial charge on any atom is 0.322 e. The highest BCUT2D eigenvalue weighted by molar-refractivity contribution is 5.92. The third-order valence-electron chi connectivity index (χ3n) is 4.92. The highest BCUT2D eigenvalue weighted by atomic mass is 16.2. The number of anilines is 1. The Morgan fingerprint density at radius 2 is 1.96 bits per heavy atom. The maximum absolute atomic E-state index is 13.1. The standard InChI is InChI=1S/C21H27N3O/c1-14(2)19-9-5-7-15(3)20(19)23-21(25)24(18-10-11-18)16(4)17-8-6-12-22-13-17/h5-9,12-14,16,18H,10-11H2,1-4H3,(H,23,25). The second-order valence-electron chi connectivity index (χ2n) is 7.22. The van der Waals surface area contributed by atoms with E-state index in [0.29, 0.717) is 12.0 Å². The molecule has 1 aromatic heterocycles. The first-order valence-electron chi connectivity index (χ1n) is 9.07. The molecule has 0 saturated heterocycles. The van der Waals surface area contributed by atoms with E-state index >= 15 is 0 Å². The lowest BCUT2D eigenvalue weighted by Gasteiger charge is -2.30. The van der Waals surface area contributed by atoms with Crippen LogP contribution < -0.4 is 5.32 Å². The fourth-order valence-electron chi connectivity index (χ4n) is 3.31. The number of nitrogens with one attached hydrogen (secondary N) is 1. The normalized spacial score (nSPS) is 15.1. The minimum absolute atomic E-state index is 0.00715. The van der Waals surface area contributed by atoms with Gasteiger partial charge in [0.15, 0.2) is 0 Å². The summed E-state index contributed by atoms with van der Waals surface area (Å²) < 4.78 is 0. The van der Waals surface area contributed by atoms with E-state index in [9.17, 15) is 4.79 Å². The molecule has 1 N–H and O–H groups in total. The fraction of sp³-hybridized carbons (Fsp3) is 0.429. The Morgan fingerprint density at radius 1 is 1.20 bits per heavy atom. The number of aromatic nitrogens is 1. The van der Waals surface area contributed by atoms with Crippen LogP contribution in [0.1, 0.15) is 62.3 Å². The van der Waals surface area contributed by atoms with Crippen molar-refractivity contribution < 1.29 is 4.79 Å². The highest BCUT2D eigenvalue weighted by Crippen LogP contribution is 2.35. The number of benzene rings is 1. The molecule has 2 aromatic rings. The summed E-state index contributed by atoms with van der Waals surface area (Å²) in [6.45, 7) is 8.44. The van der Waals surface area contributed by atoms with Gasteiger partial charge in [-0.05, 0) is 55.4 Å². The van der Waals surface area contributed by atoms with Crippen molar-refractivity contribution in [3.8, 4) is 0 Å². The number of para-hydroxylation sites is 1. The van der Waals surface area contributed by atoms with Crippen LogP contribution in [0.3, 0.4) is 0 Å². The van der Waals surface area contributed by atoms with Gasteiger partial charge >= 0.3 is 6.03 Å². The average molecular weight is 337 g/mol. The Hall–Kier alpha value is -2.36. The van der Waals surface area contributed by atoms with Crippen LogP contribution >= 0.6 is 0 Å². The number of aryl methyl sites for hydroxylation is 1. The lowest BCUT2D eigenvalue weighted by Crippen LogP contribution is -2.39. The van der Waals surface area contributed by atoms with Crippen molar-refractivity contribution in [1.82, 2.24) is 9.88 Å². The van der Waals surface area contributed by atoms with E-state index in [0.717, 1.165) is 29.7 Å². The number of nitrogens with zero attached hydrogens (tertiary/aromatic N) is 2. The monoisotopic (exact) mass is 337 g/mol. The molecule has 25 heavy (non-hydrogen) atoms. The molecule has 1 unspecified atom stereocenters. The lowest BCUT2D eigenvalue weighted by atomic mass is 9.98. The van der Waals surface area contributed by atoms with E-state index in [1.54, 1.807) is 6.20 Å². The first-order chi connectivity index (χ1) is 12.0. The van der Waals surface area contributed by atoms with Crippen LogP contribution in [0.15, 0.2) is 42.7 Å². The molecule has 1 heterocycles. The zero-order valence-electron chi connectivity index (χ0n) is 15.5. The molecule has 4 heteroatoms. The number of rotatable bonds is 5. The van der Waals surface area contributed by atoms with E-state index in [-0.39, 0.29) is 12.1 Å². The van der Waals surface area contributed by atoms with Crippen LogP contribution in [0, 0.1) is 6.92 Å². The Morgan fingerprint density at radius 3 is 2.56 bits per heavy atom. The molecule has 0 bridgehead atoms. The van der Waals surface area contributed by atoms with Gasteiger partial charge in [0, 0.05) is 24.1 Å². The summed E-state index contributed by atoms with van der Waals surface area (Å²) in [5.41, 5.74) is 4.30. The summed E-state index contributed by atoms with van der Waals surface area (Å²) in [7, 11) is 0. The van der Waals surface area contributed by atoms with E-state index in [4.69, 9.17) is 0 Å². The zero-order valence-corrected chi connectivity index (χ0v) is 15.5. The van der Waals surface area contributed by atoms with Gasteiger partial charge in [0.1, 0.15) is 0 Å². The van der Waals surface area contributed by atoms with Gasteiger partial charge in [-0.15, -0.1) is 0 Å². The van der Waals surface area contributed by atoms with Crippen LogP contribution in [-0.2, 0) is 0 Å². The molecule has 4 nitrogen and oxygen atoms in total. The molecule has 1 aliphatic rings. The van der Waals surface area contributed by atoms with Crippen molar-refractivity contribution in [1.29, 1.82) is 0 Å². The van der Waals surface area contributed by atoms with Crippen LogP contribution in [-0.4, -0.2) is 22.0 Å². The summed E-state index contributed by atoms with van der Waals surface area (Å²) in [6, 6.07) is 10.5. The molecule has 1 saturated carbocycles. The van der Waals surface area contributed by atoms with Crippen molar-refractivity contribution in [2.24, 2.45) is 0 Å². The quantitative estimate of drug-likeness (QED) is 0.807. The molecular formula is C21H27N3O. The second-order valence-corrected chi connectivity index (χ2v) is 7.22. The molecule has 3 rings (SSSR count). The number of urea groups is 1. The van der Waals surface area contributed by atoms with E-state index in [1.165, 1.54) is 5.56 Å². The van der Waals surface area contributed by atoms with Gasteiger partial charge < -0.3 is 10.2 Å². The molecular weight excluding hydrogens is 310 g/mol. The second kappa shape index (κ2) is 7.26. The molecule has 1 fully saturated rings. The molecule has 2 amide bonds. The van der Waals surface area contributed by atoms with Gasteiger partial charge in [-0.1, -0.05) is 38.1 Å². The average Bonchev–Trinajstić information content (AvgIpc) is 3.42. The number of hydrogen-bond donors (Lipinski definition) is 1. The van der Waals surface area contributed by atoms with Crippen molar-refractivity contribution in [2.75, 3.05) is 5.32 Å². The molecule has 1 atom stereocenters. The Balaban J connectivity index is 1.86. The van der Waals surface area contributed by atoms with Gasteiger partial charge in [-0.25, -0.2) is 4.79 Å². The number of amides is 2. The van der Waals surface area contributed by atoms with Crippen LogP contribution in [0.2, 0.25) is 0 Å². The number of carbonyl (C=O) groups excluding carboxylic acids is 1. The first-order valence-corrected chi connectivity index (χ1v) is 9.07. The van der Waals surface area contributed by atoms with Crippen LogP contribution in [0.25, 0.3) is 0 Å². The molecule has 0 spiro atoms. The molecule has 132 valence electrons. The van der Waals surface area contributed by atoms with Gasteiger partial charge in [0.25, 0.3) is 0 Å². The number of pyridine rings is 1. The summed E-state index contributed by atoms with van der Waals surface area (Å²) in [6.07, 6.45) is 5.76. The van der Waals surface area contributed by atoms with Gasteiger partial charge in [0.05, 0.1) is 6.04 Å². The van der Waals surface area contributed by atoms with E-state index in [1.807, 2.05) is 36.2 Å². The Labute approximate surface area is 150 Å². The first kappa shape index (κ1) is 17.5. The fourth-order valence-corrected chi connectivity index (χ4v) is 3.31. The maximum atomic E-state index is 13.1.